The van der Waals surface area contributed by atoms with Gasteiger partial charge in [0.1, 0.15) is 11.5 Å². The predicted octanol–water partition coefficient (Wildman–Crippen LogP) is 2.83. The molecule has 1 aliphatic heterocycles. The number of ether oxygens (including phenoxy) is 1. The average Bonchev–Trinajstić information content (AvgIpc) is 3.32. The Kier molecular flexibility index (Phi) is 5.92. The normalized spacial score (nSPS) is 16.7. The minimum absolute atomic E-state index is 0.0373. The molecule has 0 amide bonds. The number of benzene rings is 1. The lowest BCUT2D eigenvalue weighted by molar-refractivity contribution is -0.384. The highest BCUT2D eigenvalue weighted by Gasteiger charge is 2.15. The molecule has 3 rings (SSSR count). The van der Waals surface area contributed by atoms with Gasteiger partial charge in [-0.2, -0.15) is 5.10 Å². The second kappa shape index (κ2) is 8.54. The van der Waals surface area contributed by atoms with Crippen molar-refractivity contribution in [3.05, 3.63) is 52.3 Å². The van der Waals surface area contributed by atoms with E-state index < -0.39 is 4.92 Å². The number of hydrazone groups is 1. The number of nitro groups is 1. The largest absolute Gasteiger partial charge is 0.455 e. The van der Waals surface area contributed by atoms with Crippen LogP contribution in [0.15, 0.2) is 45.9 Å². The number of nitrogens with one attached hydrogen (secondary N) is 2. The Bertz CT molecular complexity index is 797. The van der Waals surface area contributed by atoms with Crippen LogP contribution in [0.1, 0.15) is 18.6 Å². The summed E-state index contributed by atoms with van der Waals surface area (Å²) >= 11 is 5.14. The van der Waals surface area contributed by atoms with Crippen molar-refractivity contribution < 1.29 is 14.1 Å². The fourth-order valence-corrected chi connectivity index (χ4v) is 2.67. The molecule has 1 saturated heterocycles. The summed E-state index contributed by atoms with van der Waals surface area (Å²) in [4.78, 5) is 10.2. The quantitative estimate of drug-likeness (QED) is 0.347. The molecule has 0 bridgehead atoms. The number of hydrogen-bond acceptors (Lipinski definition) is 6. The van der Waals surface area contributed by atoms with Crippen molar-refractivity contribution in [1.82, 2.24) is 10.7 Å². The summed E-state index contributed by atoms with van der Waals surface area (Å²) in [5, 5.41) is 18.2. The Morgan fingerprint density at radius 3 is 2.85 bits per heavy atom. The van der Waals surface area contributed by atoms with Crippen LogP contribution >= 0.6 is 12.2 Å². The van der Waals surface area contributed by atoms with E-state index in [2.05, 4.69) is 15.8 Å². The van der Waals surface area contributed by atoms with Gasteiger partial charge in [0.15, 0.2) is 5.11 Å². The van der Waals surface area contributed by atoms with E-state index in [1.54, 1.807) is 24.3 Å². The lowest BCUT2D eigenvalue weighted by Gasteiger charge is -2.11. The number of thiocarbonyl (C=S) groups is 1. The summed E-state index contributed by atoms with van der Waals surface area (Å²) < 4.78 is 11.2. The molecule has 0 aliphatic carbocycles. The molecule has 1 fully saturated rings. The molecule has 136 valence electrons. The van der Waals surface area contributed by atoms with Gasteiger partial charge in [-0.25, -0.2) is 0 Å². The fourth-order valence-electron chi connectivity index (χ4n) is 2.53. The van der Waals surface area contributed by atoms with Crippen molar-refractivity contribution >= 4 is 29.2 Å². The van der Waals surface area contributed by atoms with Gasteiger partial charge in [-0.3, -0.25) is 15.5 Å². The van der Waals surface area contributed by atoms with Gasteiger partial charge in [0.05, 0.1) is 17.2 Å². The molecule has 8 nitrogen and oxygen atoms in total. The highest BCUT2D eigenvalue weighted by molar-refractivity contribution is 7.80. The monoisotopic (exact) mass is 374 g/mol. The molecule has 0 radical (unpaired) electrons. The summed E-state index contributed by atoms with van der Waals surface area (Å²) in [6, 6.07) is 9.68. The first-order chi connectivity index (χ1) is 12.6. The maximum Gasteiger partial charge on any atom is 0.269 e. The van der Waals surface area contributed by atoms with Gasteiger partial charge in [0, 0.05) is 30.8 Å². The van der Waals surface area contributed by atoms with Gasteiger partial charge in [0.25, 0.3) is 5.69 Å². The molecule has 2 aromatic rings. The number of nitrogens with zero attached hydrogens (tertiary/aromatic N) is 2. The zero-order chi connectivity index (χ0) is 18.4. The molecule has 1 aromatic carbocycles. The molecule has 2 N–H and O–H groups in total. The third-order valence-corrected chi connectivity index (χ3v) is 4.10. The second-order valence-electron chi connectivity index (χ2n) is 5.72. The van der Waals surface area contributed by atoms with E-state index in [4.69, 9.17) is 21.4 Å². The van der Waals surface area contributed by atoms with Crippen LogP contribution in [0.3, 0.4) is 0 Å². The van der Waals surface area contributed by atoms with Gasteiger partial charge < -0.3 is 14.5 Å². The molecule has 9 heteroatoms. The van der Waals surface area contributed by atoms with Crippen molar-refractivity contribution in [2.75, 3.05) is 13.2 Å². The highest BCUT2D eigenvalue weighted by Crippen LogP contribution is 2.23. The highest BCUT2D eigenvalue weighted by atomic mass is 32.1. The third-order valence-electron chi connectivity index (χ3n) is 3.86. The number of non-ortho nitro benzene ring substituents is 1. The van der Waals surface area contributed by atoms with Crippen LogP contribution < -0.4 is 10.7 Å². The Labute approximate surface area is 155 Å². The van der Waals surface area contributed by atoms with Gasteiger partial charge in [-0.1, -0.05) is 0 Å². The van der Waals surface area contributed by atoms with Gasteiger partial charge in [0.2, 0.25) is 0 Å². The topological polar surface area (TPSA) is 102 Å². The van der Waals surface area contributed by atoms with E-state index in [0.29, 0.717) is 23.2 Å². The Morgan fingerprint density at radius 1 is 1.35 bits per heavy atom. The zero-order valence-corrected chi connectivity index (χ0v) is 14.7. The minimum Gasteiger partial charge on any atom is -0.455 e. The third kappa shape index (κ3) is 4.87. The van der Waals surface area contributed by atoms with E-state index in [0.717, 1.165) is 25.0 Å². The van der Waals surface area contributed by atoms with Crippen molar-refractivity contribution in [2.24, 2.45) is 5.10 Å². The Hall–Kier alpha value is -2.78. The number of hydrogen-bond donors (Lipinski definition) is 2. The lowest BCUT2D eigenvalue weighted by atomic mass is 10.1. The van der Waals surface area contributed by atoms with Gasteiger partial charge in [-0.05, 0) is 49.3 Å². The van der Waals surface area contributed by atoms with E-state index in [-0.39, 0.29) is 11.8 Å². The summed E-state index contributed by atoms with van der Waals surface area (Å²) in [5.41, 5.74) is 3.51. The van der Waals surface area contributed by atoms with Crippen molar-refractivity contribution in [1.29, 1.82) is 0 Å². The molecule has 26 heavy (non-hydrogen) atoms. The van der Waals surface area contributed by atoms with Crippen LogP contribution in [-0.2, 0) is 4.74 Å². The molecule has 0 unspecified atom stereocenters. The van der Waals surface area contributed by atoms with Gasteiger partial charge >= 0.3 is 0 Å². The van der Waals surface area contributed by atoms with E-state index in [1.807, 2.05) is 0 Å². The van der Waals surface area contributed by atoms with Crippen LogP contribution in [0, 0.1) is 10.1 Å². The summed E-state index contributed by atoms with van der Waals surface area (Å²) in [6.07, 6.45) is 3.83. The van der Waals surface area contributed by atoms with Crippen LogP contribution in [0.4, 0.5) is 5.69 Å². The SMILES string of the molecule is O=[N+]([O-])c1ccc(-c2ccc(C=NNC(=S)NC[C@H]3CCCO3)o2)cc1. The molecule has 1 atom stereocenters. The van der Waals surface area contributed by atoms with Crippen LogP contribution in [0.5, 0.6) is 0 Å². The van der Waals surface area contributed by atoms with E-state index >= 15 is 0 Å². The summed E-state index contributed by atoms with van der Waals surface area (Å²) in [7, 11) is 0. The summed E-state index contributed by atoms with van der Waals surface area (Å²) in [6.45, 7) is 1.46. The molecule has 1 aliphatic rings. The maximum atomic E-state index is 10.7. The summed E-state index contributed by atoms with van der Waals surface area (Å²) in [5.74, 6) is 1.13. The van der Waals surface area contributed by atoms with Crippen LogP contribution in [-0.4, -0.2) is 35.5 Å². The molecule has 0 spiro atoms. The van der Waals surface area contributed by atoms with E-state index in [9.17, 15) is 10.1 Å². The number of nitro benzene ring substituents is 1. The first-order valence-corrected chi connectivity index (χ1v) is 8.56. The first-order valence-electron chi connectivity index (χ1n) is 8.15. The Morgan fingerprint density at radius 2 is 2.15 bits per heavy atom. The van der Waals surface area contributed by atoms with Crippen molar-refractivity contribution in [3.63, 3.8) is 0 Å². The zero-order valence-electron chi connectivity index (χ0n) is 13.9. The van der Waals surface area contributed by atoms with Crippen molar-refractivity contribution in [3.8, 4) is 11.3 Å². The lowest BCUT2D eigenvalue weighted by Crippen LogP contribution is -2.37. The average molecular weight is 374 g/mol. The molecular formula is C17H18N4O4S. The predicted molar refractivity (Wildman–Crippen MR) is 101 cm³/mol. The maximum absolute atomic E-state index is 10.7. The van der Waals surface area contributed by atoms with Crippen LogP contribution in [0.25, 0.3) is 11.3 Å². The molecule has 1 aromatic heterocycles. The van der Waals surface area contributed by atoms with Crippen molar-refractivity contribution in [2.45, 2.75) is 18.9 Å². The smallest absolute Gasteiger partial charge is 0.269 e. The number of rotatable bonds is 6. The Balaban J connectivity index is 1.50. The standard InChI is InChI=1S/C17H18N4O4S/c22-21(23)13-5-3-12(4-6-13)16-8-7-15(25-16)11-19-20-17(26)18-10-14-2-1-9-24-14/h3-8,11,14H,1-2,9-10H2,(H2,18,20,26)/t14-/m1/s1. The van der Waals surface area contributed by atoms with E-state index in [1.165, 1.54) is 18.3 Å². The molecule has 0 saturated carbocycles. The molecular weight excluding hydrogens is 356 g/mol. The van der Waals surface area contributed by atoms with Crippen LogP contribution in [0.2, 0.25) is 0 Å². The minimum atomic E-state index is -0.439. The second-order valence-corrected chi connectivity index (χ2v) is 6.13. The first kappa shape index (κ1) is 18.0. The number of furan rings is 1. The molecule has 2 heterocycles. The van der Waals surface area contributed by atoms with Gasteiger partial charge in [-0.15, -0.1) is 0 Å². The fraction of sp³-hybridized carbons (Fsp3) is 0.294.